The number of hydrogen-bond acceptors (Lipinski definition) is 2. The van der Waals surface area contributed by atoms with Gasteiger partial charge in [-0.1, -0.05) is 19.1 Å². The van der Waals surface area contributed by atoms with Gasteiger partial charge in [0.2, 0.25) is 0 Å². The molecule has 0 fully saturated rings. The molecule has 0 radical (unpaired) electrons. The van der Waals surface area contributed by atoms with Crippen LogP contribution in [0.5, 0.6) is 0 Å². The largest absolute Gasteiger partial charge is 0.378 e. The molecule has 0 spiro atoms. The van der Waals surface area contributed by atoms with E-state index < -0.39 is 0 Å². The molecule has 0 bridgehead atoms. The second-order valence-corrected chi connectivity index (χ2v) is 5.38. The quantitative estimate of drug-likeness (QED) is 0.896. The third kappa shape index (κ3) is 3.18. The van der Waals surface area contributed by atoms with Gasteiger partial charge in [0.15, 0.2) is 0 Å². The molecule has 0 aliphatic rings. The fraction of sp³-hybridized carbons (Fsp3) is 0.400. The van der Waals surface area contributed by atoms with E-state index in [0.717, 1.165) is 35.4 Å². The normalized spacial score (nSPS) is 10.7. The molecule has 2 aromatic rings. The minimum Gasteiger partial charge on any atom is -0.378 e. The minimum atomic E-state index is 0.795. The van der Waals surface area contributed by atoms with Gasteiger partial charge >= 0.3 is 0 Å². The molecule has 19 heavy (non-hydrogen) atoms. The number of nitrogens with one attached hydrogen (secondary N) is 1. The van der Waals surface area contributed by atoms with Gasteiger partial charge in [0, 0.05) is 16.7 Å². The first-order chi connectivity index (χ1) is 9.15. The molecule has 1 N–H and O–H groups in total. The van der Waals surface area contributed by atoms with Crippen molar-refractivity contribution in [3.8, 4) is 0 Å². The van der Waals surface area contributed by atoms with Crippen LogP contribution in [0.25, 0.3) is 0 Å². The van der Waals surface area contributed by atoms with Crippen molar-refractivity contribution in [3.63, 3.8) is 0 Å². The van der Waals surface area contributed by atoms with Crippen LogP contribution >= 0.6 is 15.9 Å². The summed E-state index contributed by atoms with van der Waals surface area (Å²) in [6.07, 6.45) is 0.980. The molecule has 0 atom stereocenters. The minimum absolute atomic E-state index is 0.795. The average molecular weight is 322 g/mol. The number of benzene rings is 1. The first-order valence-electron chi connectivity index (χ1n) is 6.70. The van der Waals surface area contributed by atoms with Crippen LogP contribution in [0.3, 0.4) is 0 Å². The SMILES string of the molecule is CCc1cc(CNc2cccc(C)c2Br)n(CC)n1. The lowest BCUT2D eigenvalue weighted by atomic mass is 10.2. The van der Waals surface area contributed by atoms with Gasteiger partial charge in [-0.3, -0.25) is 4.68 Å². The fourth-order valence-corrected chi connectivity index (χ4v) is 2.48. The number of anilines is 1. The molecular formula is C15H20BrN3. The van der Waals surface area contributed by atoms with Crippen molar-refractivity contribution in [3.05, 3.63) is 45.7 Å². The summed E-state index contributed by atoms with van der Waals surface area (Å²) in [5.74, 6) is 0. The van der Waals surface area contributed by atoms with Crippen molar-refractivity contribution >= 4 is 21.6 Å². The van der Waals surface area contributed by atoms with Crippen molar-refractivity contribution in [2.24, 2.45) is 0 Å². The molecule has 0 amide bonds. The number of nitrogens with zero attached hydrogens (tertiary/aromatic N) is 2. The monoisotopic (exact) mass is 321 g/mol. The van der Waals surface area contributed by atoms with E-state index in [4.69, 9.17) is 0 Å². The summed E-state index contributed by atoms with van der Waals surface area (Å²) in [5, 5.41) is 8.04. The van der Waals surface area contributed by atoms with Gasteiger partial charge in [-0.05, 0) is 53.9 Å². The standard InChI is InChI=1S/C15H20BrN3/c1-4-12-9-13(19(5-2)18-12)10-17-14-8-6-7-11(3)15(14)16/h6-9,17H,4-5,10H2,1-3H3. The van der Waals surface area contributed by atoms with Crippen LogP contribution in [0.15, 0.2) is 28.7 Å². The van der Waals surface area contributed by atoms with Crippen LogP contribution < -0.4 is 5.32 Å². The zero-order valence-corrected chi connectivity index (χ0v) is 13.3. The first kappa shape index (κ1) is 14.1. The van der Waals surface area contributed by atoms with Crippen LogP contribution in [0.4, 0.5) is 5.69 Å². The summed E-state index contributed by atoms with van der Waals surface area (Å²) < 4.78 is 3.20. The highest BCUT2D eigenvalue weighted by atomic mass is 79.9. The topological polar surface area (TPSA) is 29.9 Å². The summed E-state index contributed by atoms with van der Waals surface area (Å²) in [6.45, 7) is 8.06. The maximum absolute atomic E-state index is 4.56. The second-order valence-electron chi connectivity index (χ2n) is 4.59. The summed E-state index contributed by atoms with van der Waals surface area (Å²) >= 11 is 3.62. The van der Waals surface area contributed by atoms with E-state index in [9.17, 15) is 0 Å². The Morgan fingerprint density at radius 1 is 1.32 bits per heavy atom. The van der Waals surface area contributed by atoms with E-state index in [-0.39, 0.29) is 0 Å². The molecule has 1 heterocycles. The molecule has 4 heteroatoms. The second kappa shape index (κ2) is 6.24. The van der Waals surface area contributed by atoms with E-state index in [1.165, 1.54) is 11.3 Å². The summed E-state index contributed by atoms with van der Waals surface area (Å²) in [4.78, 5) is 0. The van der Waals surface area contributed by atoms with Crippen molar-refractivity contribution < 1.29 is 0 Å². The Hall–Kier alpha value is -1.29. The van der Waals surface area contributed by atoms with E-state index in [1.807, 2.05) is 0 Å². The van der Waals surface area contributed by atoms with Crippen LogP contribution in [-0.4, -0.2) is 9.78 Å². The molecule has 102 valence electrons. The van der Waals surface area contributed by atoms with Crippen LogP contribution in [-0.2, 0) is 19.5 Å². The lowest BCUT2D eigenvalue weighted by molar-refractivity contribution is 0.619. The highest BCUT2D eigenvalue weighted by Crippen LogP contribution is 2.26. The lowest BCUT2D eigenvalue weighted by Crippen LogP contribution is -2.08. The number of aryl methyl sites for hydroxylation is 3. The van der Waals surface area contributed by atoms with E-state index >= 15 is 0 Å². The van der Waals surface area contributed by atoms with Gasteiger partial charge in [0.25, 0.3) is 0 Å². The van der Waals surface area contributed by atoms with Gasteiger partial charge in [-0.15, -0.1) is 0 Å². The third-order valence-corrected chi connectivity index (χ3v) is 4.28. The van der Waals surface area contributed by atoms with Gasteiger partial charge in [0.05, 0.1) is 17.9 Å². The molecule has 0 saturated carbocycles. The van der Waals surface area contributed by atoms with Gasteiger partial charge < -0.3 is 5.32 Å². The zero-order valence-electron chi connectivity index (χ0n) is 11.7. The number of hydrogen-bond donors (Lipinski definition) is 1. The number of aromatic nitrogens is 2. The molecule has 1 aromatic carbocycles. The predicted molar refractivity (Wildman–Crippen MR) is 83.5 cm³/mol. The Morgan fingerprint density at radius 2 is 2.11 bits per heavy atom. The van der Waals surface area contributed by atoms with Crippen LogP contribution in [0.2, 0.25) is 0 Å². The van der Waals surface area contributed by atoms with Gasteiger partial charge in [-0.2, -0.15) is 5.10 Å². The fourth-order valence-electron chi connectivity index (χ4n) is 2.07. The van der Waals surface area contributed by atoms with Crippen LogP contribution in [0, 0.1) is 6.92 Å². The van der Waals surface area contributed by atoms with Crippen molar-refractivity contribution in [2.45, 2.75) is 40.3 Å². The summed E-state index contributed by atoms with van der Waals surface area (Å²) in [6, 6.07) is 8.43. The highest BCUT2D eigenvalue weighted by Gasteiger charge is 2.07. The maximum Gasteiger partial charge on any atom is 0.0625 e. The molecule has 2 rings (SSSR count). The Morgan fingerprint density at radius 3 is 2.79 bits per heavy atom. The zero-order chi connectivity index (χ0) is 13.8. The van der Waals surface area contributed by atoms with Crippen molar-refractivity contribution in [1.82, 2.24) is 9.78 Å². The van der Waals surface area contributed by atoms with E-state index in [0.29, 0.717) is 0 Å². The van der Waals surface area contributed by atoms with Crippen LogP contribution in [0.1, 0.15) is 30.8 Å². The number of halogens is 1. The summed E-state index contributed by atoms with van der Waals surface area (Å²) in [5.41, 5.74) is 4.75. The van der Waals surface area contributed by atoms with E-state index in [2.05, 4.69) is 76.1 Å². The Labute approximate surface area is 123 Å². The Kier molecular flexibility index (Phi) is 4.64. The molecule has 3 nitrogen and oxygen atoms in total. The van der Waals surface area contributed by atoms with Crippen molar-refractivity contribution in [2.75, 3.05) is 5.32 Å². The molecule has 0 saturated heterocycles. The molecule has 1 aromatic heterocycles. The maximum atomic E-state index is 4.56. The lowest BCUT2D eigenvalue weighted by Gasteiger charge is -2.11. The first-order valence-corrected chi connectivity index (χ1v) is 7.49. The molecule has 0 aliphatic carbocycles. The third-order valence-electron chi connectivity index (χ3n) is 3.23. The molecule has 0 unspecified atom stereocenters. The Balaban J connectivity index is 2.14. The average Bonchev–Trinajstić information content (AvgIpc) is 2.83. The predicted octanol–water partition coefficient (Wildman–Crippen LogP) is 4.15. The van der Waals surface area contributed by atoms with Gasteiger partial charge in [-0.25, -0.2) is 0 Å². The highest BCUT2D eigenvalue weighted by molar-refractivity contribution is 9.10. The van der Waals surface area contributed by atoms with Gasteiger partial charge in [0.1, 0.15) is 0 Å². The molecular weight excluding hydrogens is 302 g/mol. The number of rotatable bonds is 5. The smallest absolute Gasteiger partial charge is 0.0625 e. The van der Waals surface area contributed by atoms with Crippen molar-refractivity contribution in [1.29, 1.82) is 0 Å². The van der Waals surface area contributed by atoms with E-state index in [1.54, 1.807) is 0 Å². The summed E-state index contributed by atoms with van der Waals surface area (Å²) in [7, 11) is 0. The Bertz CT molecular complexity index is 561. The molecule has 0 aliphatic heterocycles.